The Bertz CT molecular complexity index is 866. The normalized spacial score (nSPS) is 23.5. The first-order valence-corrected chi connectivity index (χ1v) is 8.70. The molecule has 1 N–H and O–H groups in total. The van der Waals surface area contributed by atoms with Crippen molar-refractivity contribution < 1.29 is 4.79 Å². The van der Waals surface area contributed by atoms with Crippen LogP contribution in [0.15, 0.2) is 52.2 Å². The smallest absolute Gasteiger partial charge is 0.165 e. The summed E-state index contributed by atoms with van der Waals surface area (Å²) in [6, 6.07) is 5.63. The van der Waals surface area contributed by atoms with E-state index in [1.165, 1.54) is 0 Å². The number of rotatable bonds is 4. The van der Waals surface area contributed by atoms with Gasteiger partial charge in [0.2, 0.25) is 0 Å². The molecule has 25 heavy (non-hydrogen) atoms. The summed E-state index contributed by atoms with van der Waals surface area (Å²) in [5.41, 5.74) is 4.33. The van der Waals surface area contributed by atoms with Gasteiger partial charge in [-0.3, -0.25) is 9.79 Å². The van der Waals surface area contributed by atoms with Crippen molar-refractivity contribution in [3.8, 4) is 0 Å². The van der Waals surface area contributed by atoms with Gasteiger partial charge in [0.1, 0.15) is 0 Å². The molecule has 0 bridgehead atoms. The maximum absolute atomic E-state index is 12.6. The lowest BCUT2D eigenvalue weighted by molar-refractivity contribution is -0.117. The summed E-state index contributed by atoms with van der Waals surface area (Å²) in [6.07, 6.45) is 5.28. The molecule has 1 aromatic rings. The monoisotopic (exact) mass is 354 g/mol. The highest BCUT2D eigenvalue weighted by Gasteiger charge is 2.43. The number of aliphatic imine (C=N–C) groups is 2. The van der Waals surface area contributed by atoms with Crippen LogP contribution >= 0.6 is 11.6 Å². The van der Waals surface area contributed by atoms with E-state index in [1.807, 2.05) is 38.4 Å². The van der Waals surface area contributed by atoms with Crippen molar-refractivity contribution in [2.75, 3.05) is 27.2 Å². The summed E-state index contributed by atoms with van der Waals surface area (Å²) < 4.78 is 0. The van der Waals surface area contributed by atoms with Gasteiger partial charge in [0, 0.05) is 36.0 Å². The van der Waals surface area contributed by atoms with Crippen molar-refractivity contribution in [1.29, 1.82) is 0 Å². The van der Waals surface area contributed by atoms with Gasteiger partial charge in [0.15, 0.2) is 5.78 Å². The molecule has 2 heterocycles. The highest BCUT2D eigenvalue weighted by atomic mass is 35.5. The van der Waals surface area contributed by atoms with Gasteiger partial charge in [-0.2, -0.15) is 0 Å². The third-order valence-corrected chi connectivity index (χ3v) is 4.93. The van der Waals surface area contributed by atoms with Crippen LogP contribution in [0, 0.1) is 11.8 Å². The zero-order valence-electron chi connectivity index (χ0n) is 14.2. The summed E-state index contributed by atoms with van der Waals surface area (Å²) in [6.45, 7) is 1.61. The van der Waals surface area contributed by atoms with E-state index in [1.54, 1.807) is 12.3 Å². The van der Waals surface area contributed by atoms with Gasteiger partial charge in [-0.05, 0) is 32.3 Å². The highest BCUT2D eigenvalue weighted by Crippen LogP contribution is 2.40. The zero-order valence-corrected chi connectivity index (χ0v) is 14.9. The van der Waals surface area contributed by atoms with Crippen molar-refractivity contribution in [2.45, 2.75) is 0 Å². The number of hydrogen-bond donors (Lipinski definition) is 1. The molecule has 0 amide bonds. The third-order valence-electron chi connectivity index (χ3n) is 4.70. The number of fused-ring (bicyclic) bond motifs is 2. The van der Waals surface area contributed by atoms with Gasteiger partial charge in [-0.15, -0.1) is 0 Å². The first-order valence-electron chi connectivity index (χ1n) is 8.32. The molecular weight excluding hydrogens is 336 g/mol. The molecule has 0 fully saturated rings. The van der Waals surface area contributed by atoms with Gasteiger partial charge >= 0.3 is 0 Å². The number of carbonyl (C=O) groups is 1. The number of carbonyl (C=O) groups excluding carboxylic acids is 1. The molecule has 0 radical (unpaired) electrons. The van der Waals surface area contributed by atoms with Gasteiger partial charge in [0.05, 0.1) is 34.6 Å². The summed E-state index contributed by atoms with van der Waals surface area (Å²) in [5.74, 6) is -0.259. The Morgan fingerprint density at radius 3 is 2.92 bits per heavy atom. The molecule has 2 aliphatic heterocycles. The van der Waals surface area contributed by atoms with E-state index in [0.717, 1.165) is 41.5 Å². The number of ketones is 1. The average Bonchev–Trinajstić information content (AvgIpc) is 2.58. The van der Waals surface area contributed by atoms with Crippen LogP contribution in [0.2, 0.25) is 5.02 Å². The van der Waals surface area contributed by atoms with E-state index in [4.69, 9.17) is 16.6 Å². The average molecular weight is 355 g/mol. The highest BCUT2D eigenvalue weighted by molar-refractivity contribution is 6.33. The molecule has 2 unspecified atom stereocenters. The SMILES string of the molecule is CN(C)CCNC1=CC(=O)C2C=CN=C3c4ccc(Cl)cc4N=C1C32. The summed E-state index contributed by atoms with van der Waals surface area (Å²) in [4.78, 5) is 24.1. The topological polar surface area (TPSA) is 57.1 Å². The number of halogens is 1. The van der Waals surface area contributed by atoms with Gasteiger partial charge in [-0.25, -0.2) is 4.99 Å². The second-order valence-corrected chi connectivity index (χ2v) is 7.14. The molecule has 0 saturated carbocycles. The lowest BCUT2D eigenvalue weighted by Gasteiger charge is -2.36. The summed E-state index contributed by atoms with van der Waals surface area (Å²) in [5, 5.41) is 4.01. The number of benzene rings is 1. The minimum absolute atomic E-state index is 0.0948. The van der Waals surface area contributed by atoms with E-state index in [2.05, 4.69) is 15.2 Å². The fourth-order valence-corrected chi connectivity index (χ4v) is 3.65. The Balaban J connectivity index is 1.79. The standard InChI is InChI=1S/C19H19ClN4O/c1-24(2)8-7-21-15-10-16(25)13-5-6-22-18-12-4-3-11(20)9-14(12)23-19(15)17(13)18/h3-6,9-10,13,17,21H,7-8H2,1-2H3. The first-order chi connectivity index (χ1) is 12.0. The van der Waals surface area contributed by atoms with Crippen LogP contribution in [0.3, 0.4) is 0 Å². The molecule has 128 valence electrons. The predicted molar refractivity (Wildman–Crippen MR) is 101 cm³/mol. The Hall–Kier alpha value is -2.24. The molecule has 6 heteroatoms. The van der Waals surface area contributed by atoms with Crippen LogP contribution in [0.25, 0.3) is 0 Å². The van der Waals surface area contributed by atoms with Crippen LogP contribution in [-0.2, 0) is 4.79 Å². The van der Waals surface area contributed by atoms with Crippen LogP contribution in [-0.4, -0.2) is 49.3 Å². The lowest BCUT2D eigenvalue weighted by Crippen LogP contribution is -2.45. The van der Waals surface area contributed by atoms with Crippen LogP contribution in [0.1, 0.15) is 5.56 Å². The van der Waals surface area contributed by atoms with Crippen molar-refractivity contribution in [2.24, 2.45) is 21.8 Å². The predicted octanol–water partition coefficient (Wildman–Crippen LogP) is 2.59. The van der Waals surface area contributed by atoms with Gasteiger partial charge in [0.25, 0.3) is 0 Å². The Morgan fingerprint density at radius 2 is 2.12 bits per heavy atom. The molecule has 1 aliphatic carbocycles. The van der Waals surface area contributed by atoms with Crippen molar-refractivity contribution in [3.05, 3.63) is 52.8 Å². The third kappa shape index (κ3) is 2.83. The van der Waals surface area contributed by atoms with Crippen LogP contribution in [0.4, 0.5) is 5.69 Å². The molecule has 4 rings (SSSR count). The van der Waals surface area contributed by atoms with Crippen molar-refractivity contribution in [1.82, 2.24) is 10.2 Å². The Labute approximate surface area is 151 Å². The maximum atomic E-state index is 12.6. The molecule has 2 atom stereocenters. The fourth-order valence-electron chi connectivity index (χ4n) is 3.48. The Morgan fingerprint density at radius 1 is 1.28 bits per heavy atom. The largest absolute Gasteiger partial charge is 0.382 e. The molecular formula is C19H19ClN4O. The summed E-state index contributed by atoms with van der Waals surface area (Å²) in [7, 11) is 4.04. The first kappa shape index (κ1) is 16.2. The van der Waals surface area contributed by atoms with Crippen molar-refractivity contribution >= 4 is 34.5 Å². The van der Waals surface area contributed by atoms with Crippen LogP contribution < -0.4 is 5.32 Å². The number of hydrogen-bond acceptors (Lipinski definition) is 5. The number of nitrogens with zero attached hydrogens (tertiary/aromatic N) is 3. The van der Waals surface area contributed by atoms with Crippen LogP contribution in [0.5, 0.6) is 0 Å². The molecule has 1 aromatic carbocycles. The lowest BCUT2D eigenvalue weighted by atomic mass is 9.72. The molecule has 3 aliphatic rings. The Kier molecular flexibility index (Phi) is 4.06. The second kappa shape index (κ2) is 6.24. The molecule has 0 saturated heterocycles. The zero-order chi connectivity index (χ0) is 17.6. The maximum Gasteiger partial charge on any atom is 0.165 e. The quantitative estimate of drug-likeness (QED) is 0.904. The molecule has 0 spiro atoms. The fraction of sp³-hybridized carbons (Fsp3) is 0.316. The van der Waals surface area contributed by atoms with E-state index >= 15 is 0 Å². The number of likely N-dealkylation sites (N-methyl/N-ethyl adjacent to an activating group) is 1. The number of allylic oxidation sites excluding steroid dienone is 3. The van der Waals surface area contributed by atoms with E-state index in [9.17, 15) is 4.79 Å². The molecule has 0 aromatic heterocycles. The van der Waals surface area contributed by atoms with Crippen molar-refractivity contribution in [3.63, 3.8) is 0 Å². The molecule has 5 nitrogen and oxygen atoms in total. The minimum Gasteiger partial charge on any atom is -0.382 e. The minimum atomic E-state index is -0.227. The van der Waals surface area contributed by atoms with Gasteiger partial charge in [-0.1, -0.05) is 17.7 Å². The van der Waals surface area contributed by atoms with E-state index < -0.39 is 0 Å². The second-order valence-electron chi connectivity index (χ2n) is 6.71. The van der Waals surface area contributed by atoms with Gasteiger partial charge < -0.3 is 10.2 Å². The number of nitrogens with one attached hydrogen (secondary N) is 1. The van der Waals surface area contributed by atoms with E-state index in [0.29, 0.717) is 5.02 Å². The van der Waals surface area contributed by atoms with E-state index in [-0.39, 0.29) is 17.6 Å². The summed E-state index contributed by atoms with van der Waals surface area (Å²) >= 11 is 6.15.